The van der Waals surface area contributed by atoms with E-state index in [-0.39, 0.29) is 0 Å². The van der Waals surface area contributed by atoms with Gasteiger partial charge in [-0.05, 0) is 18.2 Å². The number of nitrogens with zero attached hydrogens (tertiary/aromatic N) is 1. The summed E-state index contributed by atoms with van der Waals surface area (Å²) in [5, 5.41) is 0. The highest BCUT2D eigenvalue weighted by Crippen LogP contribution is 2.24. The highest BCUT2D eigenvalue weighted by molar-refractivity contribution is 7.09. The van der Waals surface area contributed by atoms with Crippen molar-refractivity contribution in [2.45, 2.75) is 6.61 Å². The van der Waals surface area contributed by atoms with Crippen molar-refractivity contribution in [3.05, 3.63) is 40.3 Å². The molecule has 0 aliphatic carbocycles. The molecule has 0 amide bonds. The molecule has 2 aromatic rings. The van der Waals surface area contributed by atoms with E-state index in [2.05, 4.69) is 9.72 Å². The number of aromatic nitrogens is 1. The molecule has 94 valence electrons. The van der Waals surface area contributed by atoms with Crippen LogP contribution in [0.1, 0.15) is 15.2 Å². The molecule has 1 heterocycles. The summed E-state index contributed by atoms with van der Waals surface area (Å²) in [5.74, 6) is 0.117. The van der Waals surface area contributed by atoms with Gasteiger partial charge in [-0.15, -0.1) is 11.3 Å². The summed E-state index contributed by atoms with van der Waals surface area (Å²) in [4.78, 5) is 16.3. The molecule has 1 aromatic heterocycles. The lowest BCUT2D eigenvalue weighted by molar-refractivity contribution is 0.0601. The highest BCUT2D eigenvalue weighted by Gasteiger charge is 2.09. The summed E-state index contributed by atoms with van der Waals surface area (Å²) in [6.45, 7) is 0.409. The Morgan fingerprint density at radius 3 is 2.94 bits per heavy atom. The van der Waals surface area contributed by atoms with Crippen molar-refractivity contribution in [3.8, 4) is 5.75 Å². The quantitative estimate of drug-likeness (QED) is 0.676. The van der Waals surface area contributed by atoms with Crippen LogP contribution in [-0.4, -0.2) is 18.1 Å². The Kier molecular flexibility index (Phi) is 3.78. The first-order chi connectivity index (χ1) is 8.70. The van der Waals surface area contributed by atoms with Gasteiger partial charge in [0.2, 0.25) is 0 Å². The van der Waals surface area contributed by atoms with E-state index in [1.165, 1.54) is 24.5 Å². The van der Waals surface area contributed by atoms with Crippen molar-refractivity contribution in [3.63, 3.8) is 0 Å². The maximum atomic E-state index is 11.3. The van der Waals surface area contributed by atoms with Crippen LogP contribution < -0.4 is 10.5 Å². The number of methoxy groups -OCH3 is 1. The van der Waals surface area contributed by atoms with Crippen LogP contribution in [0.25, 0.3) is 0 Å². The zero-order valence-electron chi connectivity index (χ0n) is 9.75. The molecule has 6 heteroatoms. The van der Waals surface area contributed by atoms with E-state index >= 15 is 0 Å². The number of rotatable bonds is 4. The number of ether oxygens (including phenoxy) is 2. The van der Waals surface area contributed by atoms with Gasteiger partial charge < -0.3 is 15.2 Å². The SMILES string of the molecule is COC(=O)c1ccc(OCc2cncs2)c(N)c1. The number of nitrogens with two attached hydrogens (primary N) is 1. The molecule has 0 radical (unpaired) electrons. The Morgan fingerprint density at radius 1 is 1.50 bits per heavy atom. The standard InChI is InChI=1S/C12H12N2O3S/c1-16-12(15)8-2-3-11(10(13)4-8)17-6-9-5-14-7-18-9/h2-5,7H,6,13H2,1H3. The van der Waals surface area contributed by atoms with Crippen LogP contribution in [0, 0.1) is 0 Å². The molecule has 2 N–H and O–H groups in total. The zero-order chi connectivity index (χ0) is 13.0. The van der Waals surface area contributed by atoms with E-state index in [0.717, 1.165) is 4.88 Å². The van der Waals surface area contributed by atoms with Crippen LogP contribution in [0.5, 0.6) is 5.75 Å². The lowest BCUT2D eigenvalue weighted by atomic mass is 10.2. The average Bonchev–Trinajstić information content (AvgIpc) is 2.89. The van der Waals surface area contributed by atoms with Gasteiger partial charge in [0.15, 0.2) is 0 Å². The van der Waals surface area contributed by atoms with E-state index in [1.54, 1.807) is 23.8 Å². The van der Waals surface area contributed by atoms with E-state index in [4.69, 9.17) is 10.5 Å². The van der Waals surface area contributed by atoms with Crippen LogP contribution >= 0.6 is 11.3 Å². The monoisotopic (exact) mass is 264 g/mol. The van der Waals surface area contributed by atoms with Crippen molar-refractivity contribution in [1.82, 2.24) is 4.98 Å². The van der Waals surface area contributed by atoms with Crippen molar-refractivity contribution < 1.29 is 14.3 Å². The second-order valence-corrected chi connectivity index (χ2v) is 4.47. The Hall–Kier alpha value is -2.08. The maximum absolute atomic E-state index is 11.3. The summed E-state index contributed by atoms with van der Waals surface area (Å²) < 4.78 is 10.2. The Bertz CT molecular complexity index is 540. The van der Waals surface area contributed by atoms with Gasteiger partial charge in [0.1, 0.15) is 12.4 Å². The Labute approximate surface area is 108 Å². The number of esters is 1. The van der Waals surface area contributed by atoms with E-state index in [9.17, 15) is 4.79 Å². The molecular weight excluding hydrogens is 252 g/mol. The molecule has 18 heavy (non-hydrogen) atoms. The van der Waals surface area contributed by atoms with Gasteiger partial charge >= 0.3 is 5.97 Å². The van der Waals surface area contributed by atoms with Gasteiger partial charge in [0.25, 0.3) is 0 Å². The first kappa shape index (κ1) is 12.4. The number of carbonyl (C=O) groups excluding carboxylic acids is 1. The molecule has 0 saturated carbocycles. The molecule has 2 rings (SSSR count). The smallest absolute Gasteiger partial charge is 0.337 e. The molecule has 0 saturated heterocycles. The Balaban J connectivity index is 2.08. The lowest BCUT2D eigenvalue weighted by Crippen LogP contribution is -2.03. The molecule has 0 unspecified atom stereocenters. The molecule has 0 aliphatic rings. The van der Waals surface area contributed by atoms with Crippen LogP contribution in [0.2, 0.25) is 0 Å². The third-order valence-electron chi connectivity index (χ3n) is 2.28. The number of carbonyl (C=O) groups is 1. The second-order valence-electron chi connectivity index (χ2n) is 3.50. The topological polar surface area (TPSA) is 74.4 Å². The predicted octanol–water partition coefficient (Wildman–Crippen LogP) is 2.09. The zero-order valence-corrected chi connectivity index (χ0v) is 10.6. The molecule has 0 atom stereocenters. The summed E-state index contributed by atoms with van der Waals surface area (Å²) >= 11 is 1.51. The number of nitrogen functional groups attached to an aromatic ring is 1. The van der Waals surface area contributed by atoms with Gasteiger partial charge in [0, 0.05) is 6.20 Å². The molecular formula is C12H12N2O3S. The number of benzene rings is 1. The predicted molar refractivity (Wildman–Crippen MR) is 68.6 cm³/mol. The first-order valence-corrected chi connectivity index (χ1v) is 6.06. The van der Waals surface area contributed by atoms with Gasteiger partial charge in [-0.2, -0.15) is 0 Å². The molecule has 0 fully saturated rings. The minimum absolute atomic E-state index is 0.403. The largest absolute Gasteiger partial charge is 0.486 e. The minimum Gasteiger partial charge on any atom is -0.486 e. The van der Waals surface area contributed by atoms with Crippen molar-refractivity contribution in [2.75, 3.05) is 12.8 Å². The molecule has 0 aliphatic heterocycles. The highest BCUT2D eigenvalue weighted by atomic mass is 32.1. The summed E-state index contributed by atoms with van der Waals surface area (Å²) in [6.07, 6.45) is 1.74. The fourth-order valence-electron chi connectivity index (χ4n) is 1.39. The van der Waals surface area contributed by atoms with Crippen molar-refractivity contribution >= 4 is 23.0 Å². The van der Waals surface area contributed by atoms with E-state index in [1.807, 2.05) is 0 Å². The Morgan fingerprint density at radius 2 is 2.33 bits per heavy atom. The third-order valence-corrected chi connectivity index (χ3v) is 3.04. The normalized spacial score (nSPS) is 10.1. The number of hydrogen-bond acceptors (Lipinski definition) is 6. The molecule has 5 nitrogen and oxygen atoms in total. The van der Waals surface area contributed by atoms with Gasteiger partial charge in [0.05, 0.1) is 28.7 Å². The first-order valence-electron chi connectivity index (χ1n) is 5.18. The van der Waals surface area contributed by atoms with Crippen LogP contribution in [0.4, 0.5) is 5.69 Å². The maximum Gasteiger partial charge on any atom is 0.337 e. The second kappa shape index (κ2) is 5.50. The van der Waals surface area contributed by atoms with Gasteiger partial charge in [-0.1, -0.05) is 0 Å². The third kappa shape index (κ3) is 2.78. The number of anilines is 1. The molecule has 1 aromatic carbocycles. The van der Waals surface area contributed by atoms with E-state index in [0.29, 0.717) is 23.6 Å². The van der Waals surface area contributed by atoms with Crippen LogP contribution in [-0.2, 0) is 11.3 Å². The molecule has 0 bridgehead atoms. The molecule has 0 spiro atoms. The van der Waals surface area contributed by atoms with Crippen molar-refractivity contribution in [2.24, 2.45) is 0 Å². The minimum atomic E-state index is -0.421. The van der Waals surface area contributed by atoms with Crippen LogP contribution in [0.3, 0.4) is 0 Å². The van der Waals surface area contributed by atoms with Crippen molar-refractivity contribution in [1.29, 1.82) is 0 Å². The summed E-state index contributed by atoms with van der Waals surface area (Å²) in [7, 11) is 1.33. The fourth-order valence-corrected chi connectivity index (χ4v) is 1.89. The van der Waals surface area contributed by atoms with E-state index < -0.39 is 5.97 Å². The van der Waals surface area contributed by atoms with Gasteiger partial charge in [-0.25, -0.2) is 4.79 Å². The summed E-state index contributed by atoms with van der Waals surface area (Å²) in [5.41, 5.74) is 8.35. The van der Waals surface area contributed by atoms with Crippen LogP contribution in [0.15, 0.2) is 29.9 Å². The van der Waals surface area contributed by atoms with Gasteiger partial charge in [-0.3, -0.25) is 4.98 Å². The average molecular weight is 264 g/mol. The fraction of sp³-hybridized carbons (Fsp3) is 0.167. The number of hydrogen-bond donors (Lipinski definition) is 1. The summed E-state index contributed by atoms with van der Waals surface area (Å²) in [6, 6.07) is 4.81. The lowest BCUT2D eigenvalue weighted by Gasteiger charge is -2.08. The number of thiazole rings is 1.